The second-order valence-electron chi connectivity index (χ2n) is 6.94. The highest BCUT2D eigenvalue weighted by Gasteiger charge is 2.23. The Morgan fingerprint density at radius 2 is 2.04 bits per heavy atom. The molecule has 7 nitrogen and oxygen atoms in total. The molecule has 150 valence electrons. The molecule has 2 aromatic rings. The van der Waals surface area contributed by atoms with Crippen molar-refractivity contribution in [1.29, 1.82) is 0 Å². The predicted octanol–water partition coefficient (Wildman–Crippen LogP) is 3.48. The van der Waals surface area contributed by atoms with Crippen molar-refractivity contribution in [2.24, 2.45) is 0 Å². The first kappa shape index (κ1) is 19.8. The molecule has 0 unspecified atom stereocenters. The quantitative estimate of drug-likeness (QED) is 0.720. The highest BCUT2D eigenvalue weighted by Crippen LogP contribution is 2.35. The number of nitrogens with one attached hydrogen (secondary N) is 1. The molecule has 0 bridgehead atoms. The molecule has 7 heteroatoms. The second-order valence-corrected chi connectivity index (χ2v) is 6.94. The molecule has 1 aliphatic carbocycles. The van der Waals surface area contributed by atoms with Crippen molar-refractivity contribution < 1.29 is 28.6 Å². The molecule has 0 atom stereocenters. The Bertz CT molecular complexity index is 851. The monoisotopic (exact) mass is 387 g/mol. The number of methoxy groups -OCH3 is 1. The fourth-order valence-corrected chi connectivity index (χ4v) is 3.50. The number of para-hydroxylation sites is 1. The first-order chi connectivity index (χ1) is 13.5. The maximum atomic E-state index is 12.7. The average molecular weight is 387 g/mol. The lowest BCUT2D eigenvalue weighted by molar-refractivity contribution is -0.136. The normalized spacial score (nSPS) is 14.1. The summed E-state index contributed by atoms with van der Waals surface area (Å²) in [5.74, 6) is -0.00673. The van der Waals surface area contributed by atoms with E-state index in [0.717, 1.165) is 31.2 Å². The summed E-state index contributed by atoms with van der Waals surface area (Å²) in [5.41, 5.74) is 1.67. The molecule has 3 rings (SSSR count). The predicted molar refractivity (Wildman–Crippen MR) is 102 cm³/mol. The Morgan fingerprint density at radius 3 is 2.71 bits per heavy atom. The van der Waals surface area contributed by atoms with Crippen molar-refractivity contribution in [2.45, 2.75) is 51.7 Å². The standard InChI is InChI=1S/C21H25NO6/c1-13-12-27-17(10-18(23)24)19(13)21(25)22-11-14-6-5-9-16(26-2)20(14)28-15-7-3-4-8-15/h5-6,9,12,15H,3-4,7-8,10-11H2,1-2H3,(H,22,25)(H,23,24). The largest absolute Gasteiger partial charge is 0.493 e. The van der Waals surface area contributed by atoms with Crippen LogP contribution in [-0.4, -0.2) is 30.2 Å². The number of benzene rings is 1. The van der Waals surface area contributed by atoms with Crippen molar-refractivity contribution in [3.8, 4) is 11.5 Å². The zero-order chi connectivity index (χ0) is 20.1. The third-order valence-electron chi connectivity index (χ3n) is 4.90. The summed E-state index contributed by atoms with van der Waals surface area (Å²) in [7, 11) is 1.59. The Morgan fingerprint density at radius 1 is 1.29 bits per heavy atom. The summed E-state index contributed by atoms with van der Waals surface area (Å²) in [6.45, 7) is 1.94. The van der Waals surface area contributed by atoms with Crippen LogP contribution < -0.4 is 14.8 Å². The van der Waals surface area contributed by atoms with Gasteiger partial charge in [0.15, 0.2) is 11.5 Å². The molecule has 0 radical (unpaired) electrons. The van der Waals surface area contributed by atoms with E-state index < -0.39 is 5.97 Å². The second kappa shape index (κ2) is 8.82. The van der Waals surface area contributed by atoms with Gasteiger partial charge in [0.25, 0.3) is 5.91 Å². The molecule has 1 aliphatic rings. The first-order valence-electron chi connectivity index (χ1n) is 9.39. The van der Waals surface area contributed by atoms with Crippen LogP contribution in [0.1, 0.15) is 52.9 Å². The number of aryl methyl sites for hydroxylation is 1. The Balaban J connectivity index is 1.76. The summed E-state index contributed by atoms with van der Waals surface area (Å²) in [6.07, 6.45) is 5.53. The van der Waals surface area contributed by atoms with E-state index in [1.165, 1.54) is 6.26 Å². The van der Waals surface area contributed by atoms with Crippen LogP contribution in [0.25, 0.3) is 0 Å². The number of carbonyl (C=O) groups excluding carboxylic acids is 1. The number of ether oxygens (including phenoxy) is 2. The molecule has 1 heterocycles. The number of carboxylic acids is 1. The van der Waals surface area contributed by atoms with Crippen LogP contribution in [-0.2, 0) is 17.8 Å². The lowest BCUT2D eigenvalue weighted by Crippen LogP contribution is -2.25. The number of aliphatic carboxylic acids is 1. The summed E-state index contributed by atoms with van der Waals surface area (Å²) >= 11 is 0. The molecular formula is C21H25NO6. The number of hydrogen-bond acceptors (Lipinski definition) is 5. The van der Waals surface area contributed by atoms with Gasteiger partial charge in [0.2, 0.25) is 0 Å². The van der Waals surface area contributed by atoms with Crippen LogP contribution in [0, 0.1) is 6.92 Å². The Labute approximate surface area is 163 Å². The summed E-state index contributed by atoms with van der Waals surface area (Å²) in [4.78, 5) is 23.7. The fourth-order valence-electron chi connectivity index (χ4n) is 3.50. The number of amides is 1. The molecule has 28 heavy (non-hydrogen) atoms. The SMILES string of the molecule is COc1cccc(CNC(=O)c2c(C)coc2CC(=O)O)c1OC1CCCC1. The van der Waals surface area contributed by atoms with Gasteiger partial charge in [-0.05, 0) is 38.7 Å². The van der Waals surface area contributed by atoms with Crippen LogP contribution in [0.2, 0.25) is 0 Å². The van der Waals surface area contributed by atoms with Crippen molar-refractivity contribution in [3.63, 3.8) is 0 Å². The van der Waals surface area contributed by atoms with Crippen LogP contribution in [0.5, 0.6) is 11.5 Å². The van der Waals surface area contributed by atoms with E-state index in [4.69, 9.17) is 19.0 Å². The molecule has 2 N–H and O–H groups in total. The minimum absolute atomic E-state index is 0.149. The van der Waals surface area contributed by atoms with Crippen molar-refractivity contribution in [2.75, 3.05) is 7.11 Å². The van der Waals surface area contributed by atoms with Crippen LogP contribution >= 0.6 is 0 Å². The van der Waals surface area contributed by atoms with Gasteiger partial charge in [-0.1, -0.05) is 12.1 Å². The van der Waals surface area contributed by atoms with Gasteiger partial charge in [-0.25, -0.2) is 0 Å². The molecule has 1 aromatic heterocycles. The third kappa shape index (κ3) is 4.47. The van der Waals surface area contributed by atoms with Gasteiger partial charge in [0.1, 0.15) is 12.2 Å². The molecule has 0 aliphatic heterocycles. The van der Waals surface area contributed by atoms with Gasteiger partial charge >= 0.3 is 5.97 Å². The number of rotatable bonds is 8. The highest BCUT2D eigenvalue weighted by atomic mass is 16.5. The third-order valence-corrected chi connectivity index (χ3v) is 4.90. The number of furan rings is 1. The summed E-state index contributed by atoms with van der Waals surface area (Å²) in [6, 6.07) is 5.56. The average Bonchev–Trinajstić information content (AvgIpc) is 3.30. The molecule has 1 saturated carbocycles. The molecule has 1 amide bonds. The van der Waals surface area contributed by atoms with E-state index in [1.54, 1.807) is 14.0 Å². The summed E-state index contributed by atoms with van der Waals surface area (Å²) < 4.78 is 16.9. The maximum absolute atomic E-state index is 12.7. The first-order valence-corrected chi connectivity index (χ1v) is 9.39. The van der Waals surface area contributed by atoms with E-state index >= 15 is 0 Å². The van der Waals surface area contributed by atoms with Crippen molar-refractivity contribution >= 4 is 11.9 Å². The van der Waals surface area contributed by atoms with Crippen LogP contribution in [0.3, 0.4) is 0 Å². The molecular weight excluding hydrogens is 362 g/mol. The van der Waals surface area contributed by atoms with Gasteiger partial charge in [-0.3, -0.25) is 9.59 Å². The highest BCUT2D eigenvalue weighted by molar-refractivity contribution is 5.97. The smallest absolute Gasteiger partial charge is 0.311 e. The molecule has 1 aromatic carbocycles. The zero-order valence-electron chi connectivity index (χ0n) is 16.1. The van der Waals surface area contributed by atoms with Crippen LogP contribution in [0.15, 0.2) is 28.9 Å². The minimum atomic E-state index is -1.05. The number of carboxylic acid groups (broad SMARTS) is 1. The Hall–Kier alpha value is -2.96. The van der Waals surface area contributed by atoms with E-state index in [9.17, 15) is 9.59 Å². The lowest BCUT2D eigenvalue weighted by atomic mass is 10.1. The molecule has 0 spiro atoms. The van der Waals surface area contributed by atoms with Gasteiger partial charge in [-0.15, -0.1) is 0 Å². The van der Waals surface area contributed by atoms with Gasteiger partial charge < -0.3 is 24.3 Å². The van der Waals surface area contributed by atoms with Gasteiger partial charge in [0, 0.05) is 17.7 Å². The van der Waals surface area contributed by atoms with E-state index in [2.05, 4.69) is 5.32 Å². The molecule has 1 fully saturated rings. The van der Waals surface area contributed by atoms with E-state index in [0.29, 0.717) is 17.1 Å². The topological polar surface area (TPSA) is 98.0 Å². The van der Waals surface area contributed by atoms with Gasteiger partial charge in [0.05, 0.1) is 25.0 Å². The number of carbonyl (C=O) groups is 2. The molecule has 0 saturated heterocycles. The lowest BCUT2D eigenvalue weighted by Gasteiger charge is -2.19. The number of hydrogen-bond donors (Lipinski definition) is 2. The minimum Gasteiger partial charge on any atom is -0.493 e. The van der Waals surface area contributed by atoms with Gasteiger partial charge in [-0.2, -0.15) is 0 Å². The van der Waals surface area contributed by atoms with Crippen molar-refractivity contribution in [3.05, 3.63) is 46.9 Å². The van der Waals surface area contributed by atoms with E-state index in [1.807, 2.05) is 18.2 Å². The maximum Gasteiger partial charge on any atom is 0.311 e. The van der Waals surface area contributed by atoms with Crippen molar-refractivity contribution in [1.82, 2.24) is 5.32 Å². The zero-order valence-corrected chi connectivity index (χ0v) is 16.1. The van der Waals surface area contributed by atoms with Crippen LogP contribution in [0.4, 0.5) is 0 Å². The Kier molecular flexibility index (Phi) is 6.23. The summed E-state index contributed by atoms with van der Waals surface area (Å²) in [5, 5.41) is 11.8. The van der Waals surface area contributed by atoms with E-state index in [-0.39, 0.29) is 36.3 Å². The fraction of sp³-hybridized carbons (Fsp3) is 0.429.